The summed E-state index contributed by atoms with van der Waals surface area (Å²) in [6, 6.07) is 0. The standard InChI is InChI=1S/C7H14N4O4/c8-10-5(12)1-2-7(14)15-4-3-6(13)11-9/h1-4,8-9H2,(H,10,12)(H,11,13). The molecule has 0 fully saturated rings. The summed E-state index contributed by atoms with van der Waals surface area (Å²) in [5.41, 5.74) is 3.76. The summed E-state index contributed by atoms with van der Waals surface area (Å²) in [5, 5.41) is 0. The maximum Gasteiger partial charge on any atom is 0.306 e. The van der Waals surface area contributed by atoms with Crippen molar-refractivity contribution in [3.05, 3.63) is 0 Å². The van der Waals surface area contributed by atoms with E-state index in [0.29, 0.717) is 0 Å². The molecule has 86 valence electrons. The average molecular weight is 218 g/mol. The molecule has 0 aliphatic heterocycles. The summed E-state index contributed by atoms with van der Waals surface area (Å²) in [4.78, 5) is 32.1. The first-order valence-electron chi connectivity index (χ1n) is 4.24. The van der Waals surface area contributed by atoms with E-state index in [2.05, 4.69) is 4.74 Å². The van der Waals surface area contributed by atoms with Crippen LogP contribution in [0.4, 0.5) is 0 Å². The summed E-state index contributed by atoms with van der Waals surface area (Å²) in [7, 11) is 0. The minimum absolute atomic E-state index is 0.00861. The van der Waals surface area contributed by atoms with Crippen LogP contribution in [0.3, 0.4) is 0 Å². The van der Waals surface area contributed by atoms with Crippen molar-refractivity contribution in [2.24, 2.45) is 11.7 Å². The molecular weight excluding hydrogens is 204 g/mol. The second-order valence-corrected chi connectivity index (χ2v) is 2.61. The topological polar surface area (TPSA) is 137 Å². The van der Waals surface area contributed by atoms with Crippen molar-refractivity contribution in [3.63, 3.8) is 0 Å². The minimum Gasteiger partial charge on any atom is -0.465 e. The summed E-state index contributed by atoms with van der Waals surface area (Å²) in [5.74, 6) is 8.15. The van der Waals surface area contributed by atoms with Gasteiger partial charge in [-0.2, -0.15) is 0 Å². The molecule has 0 atom stereocenters. The highest BCUT2D eigenvalue weighted by atomic mass is 16.5. The number of carbonyl (C=O) groups excluding carboxylic acids is 3. The van der Waals surface area contributed by atoms with Crippen LogP contribution >= 0.6 is 0 Å². The van der Waals surface area contributed by atoms with Crippen LogP contribution in [0.25, 0.3) is 0 Å². The molecule has 8 heteroatoms. The lowest BCUT2D eigenvalue weighted by atomic mass is 10.3. The summed E-state index contributed by atoms with van der Waals surface area (Å²) < 4.78 is 4.63. The number of nitrogens with two attached hydrogens (primary N) is 2. The first-order chi connectivity index (χ1) is 7.10. The van der Waals surface area contributed by atoms with Crippen LogP contribution in [0, 0.1) is 0 Å². The number of hydrogen-bond donors (Lipinski definition) is 4. The molecule has 0 unspecified atom stereocenters. The number of hydrazine groups is 2. The van der Waals surface area contributed by atoms with Crippen molar-refractivity contribution < 1.29 is 19.1 Å². The summed E-state index contributed by atoms with van der Waals surface area (Å²) in [6.45, 7) is -0.0634. The Labute approximate surface area is 86.2 Å². The molecule has 15 heavy (non-hydrogen) atoms. The molecule has 0 radical (unpaired) electrons. The molecule has 0 aliphatic rings. The van der Waals surface area contributed by atoms with E-state index >= 15 is 0 Å². The van der Waals surface area contributed by atoms with Crippen LogP contribution in [0.5, 0.6) is 0 Å². The quantitative estimate of drug-likeness (QED) is 0.171. The lowest BCUT2D eigenvalue weighted by molar-refractivity contribution is -0.145. The third kappa shape index (κ3) is 7.40. The van der Waals surface area contributed by atoms with Crippen molar-refractivity contribution in [2.75, 3.05) is 6.61 Å². The van der Waals surface area contributed by atoms with Gasteiger partial charge in [0.05, 0.1) is 12.8 Å². The van der Waals surface area contributed by atoms with Crippen LogP contribution in [-0.4, -0.2) is 24.4 Å². The third-order valence-electron chi connectivity index (χ3n) is 1.47. The molecule has 6 N–H and O–H groups in total. The monoisotopic (exact) mass is 218 g/mol. The Balaban J connectivity index is 3.49. The molecule has 0 bridgehead atoms. The predicted octanol–water partition coefficient (Wildman–Crippen LogP) is -2.32. The molecule has 0 aromatic rings. The fourth-order valence-electron chi connectivity index (χ4n) is 0.690. The Bertz CT molecular complexity index is 243. The molecular formula is C7H14N4O4. The zero-order valence-corrected chi connectivity index (χ0v) is 8.12. The SMILES string of the molecule is NNC(=O)CCOC(=O)CCC(=O)NN. The van der Waals surface area contributed by atoms with Gasteiger partial charge in [-0.05, 0) is 0 Å². The zero-order valence-electron chi connectivity index (χ0n) is 8.12. The maximum atomic E-state index is 10.9. The third-order valence-corrected chi connectivity index (χ3v) is 1.47. The molecule has 0 saturated carbocycles. The van der Waals surface area contributed by atoms with Gasteiger partial charge in [0.1, 0.15) is 6.61 Å². The molecule has 0 aromatic heterocycles. The van der Waals surface area contributed by atoms with Gasteiger partial charge in [-0.3, -0.25) is 25.2 Å². The van der Waals surface area contributed by atoms with Crippen LogP contribution in [0.2, 0.25) is 0 Å². The highest BCUT2D eigenvalue weighted by Gasteiger charge is 2.07. The molecule has 0 aliphatic carbocycles. The number of nitrogens with one attached hydrogen (secondary N) is 2. The van der Waals surface area contributed by atoms with Gasteiger partial charge in [0.15, 0.2) is 0 Å². The fraction of sp³-hybridized carbons (Fsp3) is 0.571. The summed E-state index contributed by atoms with van der Waals surface area (Å²) >= 11 is 0. The number of rotatable bonds is 6. The number of hydrogen-bond acceptors (Lipinski definition) is 6. The van der Waals surface area contributed by atoms with E-state index in [1.54, 1.807) is 0 Å². The molecule has 2 amide bonds. The summed E-state index contributed by atoms with van der Waals surface area (Å²) in [6.07, 6.45) is -0.128. The molecule has 0 heterocycles. The number of carbonyl (C=O) groups is 3. The van der Waals surface area contributed by atoms with E-state index in [0.717, 1.165) is 0 Å². The van der Waals surface area contributed by atoms with Gasteiger partial charge in [-0.1, -0.05) is 0 Å². The van der Waals surface area contributed by atoms with Gasteiger partial charge < -0.3 is 4.74 Å². The Morgan fingerprint density at radius 2 is 1.47 bits per heavy atom. The second-order valence-electron chi connectivity index (χ2n) is 2.61. The van der Waals surface area contributed by atoms with Gasteiger partial charge >= 0.3 is 5.97 Å². The van der Waals surface area contributed by atoms with E-state index in [9.17, 15) is 14.4 Å². The Hall–Kier alpha value is -1.67. The van der Waals surface area contributed by atoms with E-state index in [1.165, 1.54) is 0 Å². The normalized spacial score (nSPS) is 9.20. The molecule has 0 aromatic carbocycles. The van der Waals surface area contributed by atoms with Crippen LogP contribution in [-0.2, 0) is 19.1 Å². The highest BCUT2D eigenvalue weighted by molar-refractivity contribution is 5.81. The lowest BCUT2D eigenvalue weighted by Crippen LogP contribution is -2.31. The van der Waals surface area contributed by atoms with Crippen molar-refractivity contribution in [1.82, 2.24) is 10.9 Å². The van der Waals surface area contributed by atoms with Gasteiger partial charge in [0.25, 0.3) is 0 Å². The molecule has 8 nitrogen and oxygen atoms in total. The Morgan fingerprint density at radius 3 is 2.00 bits per heavy atom. The molecule has 0 spiro atoms. The van der Waals surface area contributed by atoms with Crippen molar-refractivity contribution >= 4 is 17.8 Å². The average Bonchev–Trinajstić information content (AvgIpc) is 2.25. The van der Waals surface area contributed by atoms with Crippen molar-refractivity contribution in [3.8, 4) is 0 Å². The van der Waals surface area contributed by atoms with Crippen LogP contribution in [0.1, 0.15) is 19.3 Å². The Morgan fingerprint density at radius 1 is 0.933 bits per heavy atom. The van der Waals surface area contributed by atoms with E-state index < -0.39 is 17.8 Å². The molecule has 0 saturated heterocycles. The van der Waals surface area contributed by atoms with Crippen molar-refractivity contribution in [2.45, 2.75) is 19.3 Å². The largest absolute Gasteiger partial charge is 0.465 e. The van der Waals surface area contributed by atoms with Gasteiger partial charge in [-0.15, -0.1) is 0 Å². The Kier molecular flexibility index (Phi) is 6.85. The van der Waals surface area contributed by atoms with Gasteiger partial charge in [-0.25, -0.2) is 11.7 Å². The predicted molar refractivity (Wildman–Crippen MR) is 49.5 cm³/mol. The van der Waals surface area contributed by atoms with Gasteiger partial charge in [0.2, 0.25) is 11.8 Å². The van der Waals surface area contributed by atoms with E-state index in [-0.39, 0.29) is 25.9 Å². The lowest BCUT2D eigenvalue weighted by Gasteiger charge is -2.03. The van der Waals surface area contributed by atoms with Crippen LogP contribution < -0.4 is 22.5 Å². The number of amides is 2. The first kappa shape index (κ1) is 13.3. The van der Waals surface area contributed by atoms with Crippen molar-refractivity contribution in [1.29, 1.82) is 0 Å². The van der Waals surface area contributed by atoms with Gasteiger partial charge in [0, 0.05) is 6.42 Å². The maximum absolute atomic E-state index is 10.9. The second kappa shape index (κ2) is 7.71. The number of esters is 1. The van der Waals surface area contributed by atoms with E-state index in [1.807, 2.05) is 10.9 Å². The van der Waals surface area contributed by atoms with E-state index in [4.69, 9.17) is 11.7 Å². The fourth-order valence-corrected chi connectivity index (χ4v) is 0.690. The minimum atomic E-state index is -0.566. The molecule has 0 rings (SSSR count). The zero-order chi connectivity index (χ0) is 11.7. The van der Waals surface area contributed by atoms with Crippen LogP contribution in [0.15, 0.2) is 0 Å². The first-order valence-corrected chi connectivity index (χ1v) is 4.24. The smallest absolute Gasteiger partial charge is 0.306 e. The highest BCUT2D eigenvalue weighted by Crippen LogP contribution is 1.93. The number of ether oxygens (including phenoxy) is 1.